The van der Waals surface area contributed by atoms with Gasteiger partial charge in [-0.15, -0.1) is 11.8 Å². The summed E-state index contributed by atoms with van der Waals surface area (Å²) in [5, 5.41) is 5.11. The second-order valence-electron chi connectivity index (χ2n) is 9.33. The van der Waals surface area contributed by atoms with Gasteiger partial charge in [0.05, 0.1) is 18.1 Å². The van der Waals surface area contributed by atoms with Crippen LogP contribution in [0.3, 0.4) is 0 Å². The third-order valence-electron chi connectivity index (χ3n) is 6.06. The van der Waals surface area contributed by atoms with E-state index in [-0.39, 0.29) is 36.2 Å². The summed E-state index contributed by atoms with van der Waals surface area (Å²) in [6.07, 6.45) is -2.41. The number of benzene rings is 1. The highest BCUT2D eigenvalue weighted by Gasteiger charge is 2.55. The first kappa shape index (κ1) is 35.5. The molecule has 1 N–H and O–H groups in total. The summed E-state index contributed by atoms with van der Waals surface area (Å²) < 4.78 is 49.7. The number of oxime groups is 1. The summed E-state index contributed by atoms with van der Waals surface area (Å²) in [5.74, 6) is -3.76. The van der Waals surface area contributed by atoms with E-state index in [1.54, 1.807) is 26.0 Å². The molecule has 0 bridgehead atoms. The van der Waals surface area contributed by atoms with Crippen LogP contribution in [-0.4, -0.2) is 106 Å². The van der Waals surface area contributed by atoms with E-state index in [0.29, 0.717) is 5.57 Å². The molecule has 0 aromatic heterocycles. The molecule has 0 saturated carbocycles. The first-order valence-electron chi connectivity index (χ1n) is 13.5. The Hall–Kier alpha value is -4.00. The maximum Gasteiger partial charge on any atom is 0.511 e. The van der Waals surface area contributed by atoms with Crippen LogP contribution in [0, 0.1) is 6.92 Å². The average Bonchev–Trinajstić information content (AvgIpc) is 2.99. The van der Waals surface area contributed by atoms with Crippen molar-refractivity contribution in [3.8, 4) is 0 Å². The number of hydrogen-bond acceptors (Lipinski definition) is 15. The third kappa shape index (κ3) is 8.80. The number of thioether (sulfide) groups is 1. The van der Waals surface area contributed by atoms with Crippen LogP contribution in [0.15, 0.2) is 45.6 Å². The number of carbonyl (C=O) groups excluding carboxylic acids is 5. The van der Waals surface area contributed by atoms with Crippen LogP contribution < -0.4 is 5.32 Å². The number of ketones is 1. The van der Waals surface area contributed by atoms with E-state index in [1.165, 1.54) is 44.9 Å². The van der Waals surface area contributed by atoms with Crippen molar-refractivity contribution >= 4 is 57.3 Å². The van der Waals surface area contributed by atoms with Crippen molar-refractivity contribution in [3.63, 3.8) is 0 Å². The Balaban J connectivity index is 1.72. The summed E-state index contributed by atoms with van der Waals surface area (Å²) in [5.41, 5.74) is 0.235. The molecule has 2 aliphatic heterocycles. The van der Waals surface area contributed by atoms with E-state index in [4.69, 9.17) is 23.2 Å². The lowest BCUT2D eigenvalue weighted by molar-refractivity contribution is -0.169. The van der Waals surface area contributed by atoms with Gasteiger partial charge in [-0.2, -0.15) is 8.42 Å². The Labute approximate surface area is 263 Å². The number of nitrogens with zero attached hydrogens (tertiary/aromatic N) is 2. The number of rotatable bonds is 15. The van der Waals surface area contributed by atoms with Crippen LogP contribution in [0.2, 0.25) is 0 Å². The number of esters is 1. The van der Waals surface area contributed by atoms with Gasteiger partial charge in [-0.25, -0.2) is 9.59 Å². The van der Waals surface area contributed by atoms with Gasteiger partial charge in [0.2, 0.25) is 17.8 Å². The zero-order valence-electron chi connectivity index (χ0n) is 25.1. The number of fused-ring (bicyclic) bond motifs is 1. The minimum absolute atomic E-state index is 0.0246. The van der Waals surface area contributed by atoms with Crippen molar-refractivity contribution in [2.45, 2.75) is 50.3 Å². The van der Waals surface area contributed by atoms with Gasteiger partial charge in [-0.1, -0.05) is 22.9 Å². The molecule has 0 aliphatic carbocycles. The van der Waals surface area contributed by atoms with Gasteiger partial charge in [-0.05, 0) is 38.5 Å². The Morgan fingerprint density at radius 1 is 1.11 bits per heavy atom. The first-order valence-corrected chi connectivity index (χ1v) is 16.0. The topological polar surface area (TPSA) is 202 Å². The molecule has 18 heteroatoms. The molecule has 0 radical (unpaired) electrons. The molecule has 2 unspecified atom stereocenters. The molecule has 3 atom stereocenters. The number of methoxy groups -OCH3 is 1. The monoisotopic (exact) mass is 671 g/mol. The molecule has 2 aliphatic rings. The van der Waals surface area contributed by atoms with E-state index in [0.717, 1.165) is 10.5 Å². The van der Waals surface area contributed by atoms with Crippen LogP contribution in [0.25, 0.3) is 0 Å². The van der Waals surface area contributed by atoms with Crippen molar-refractivity contribution in [2.24, 2.45) is 5.16 Å². The molecule has 2 amide bonds. The van der Waals surface area contributed by atoms with Crippen LogP contribution in [0.1, 0.15) is 26.3 Å². The standard InChI is InChI=1S/C27H33N3O13S2/c1-6-39-27(35)43-16(4)42-26(34)22-17(12-38-5)14-44-25-21(24(33)30(22)25)28-23(32)20(29-40-7-2)19(31)13-41-45(36,37)18-10-8-15(3)9-11-18/h8-11,16,21,25H,6-7,12-14H2,1-5H3,(H,28,32)/t16?,21?,25-/m0/s1. The number of β-lactam (4-membered cyclic amide) rings is 1. The number of ether oxygens (including phenoxy) is 4. The number of aryl methyl sites for hydroxylation is 1. The van der Waals surface area contributed by atoms with Gasteiger partial charge in [0, 0.05) is 19.8 Å². The fourth-order valence-electron chi connectivity index (χ4n) is 4.01. The van der Waals surface area contributed by atoms with Gasteiger partial charge in [-0.3, -0.25) is 23.5 Å². The first-order chi connectivity index (χ1) is 21.3. The molecule has 246 valence electrons. The summed E-state index contributed by atoms with van der Waals surface area (Å²) in [6, 6.07) is 4.49. The fourth-order valence-corrected chi connectivity index (χ4v) is 6.20. The highest BCUT2D eigenvalue weighted by Crippen LogP contribution is 2.40. The zero-order chi connectivity index (χ0) is 33.3. The van der Waals surface area contributed by atoms with E-state index in [2.05, 4.69) is 15.2 Å². The molecule has 3 rings (SSSR count). The van der Waals surface area contributed by atoms with E-state index in [1.807, 2.05) is 0 Å². The molecule has 2 heterocycles. The van der Waals surface area contributed by atoms with Crippen LogP contribution in [-0.2, 0) is 57.3 Å². The predicted molar refractivity (Wildman–Crippen MR) is 156 cm³/mol. The number of nitrogens with one attached hydrogen (secondary N) is 1. The molecule has 16 nitrogen and oxygen atoms in total. The molecule has 1 aromatic rings. The zero-order valence-corrected chi connectivity index (χ0v) is 26.7. The molecule has 0 spiro atoms. The molecule has 1 saturated heterocycles. The minimum atomic E-state index is -4.34. The predicted octanol–water partition coefficient (Wildman–Crippen LogP) is 1.02. The van der Waals surface area contributed by atoms with Gasteiger partial charge < -0.3 is 29.1 Å². The minimum Gasteiger partial charge on any atom is -0.435 e. The third-order valence-corrected chi connectivity index (χ3v) is 8.68. The molecular formula is C27H33N3O13S2. The number of hydrogen-bond donors (Lipinski definition) is 1. The smallest absolute Gasteiger partial charge is 0.435 e. The quantitative estimate of drug-likeness (QED) is 0.0527. The number of carbonyl (C=O) groups is 5. The van der Waals surface area contributed by atoms with Crippen LogP contribution in [0.5, 0.6) is 0 Å². The van der Waals surface area contributed by atoms with Crippen LogP contribution >= 0.6 is 11.8 Å². The highest BCUT2D eigenvalue weighted by atomic mass is 32.2. The maximum absolute atomic E-state index is 13.2. The summed E-state index contributed by atoms with van der Waals surface area (Å²) in [7, 11) is -2.95. The Kier molecular flexibility index (Phi) is 12.5. The van der Waals surface area contributed by atoms with Crippen molar-refractivity contribution < 1.29 is 60.4 Å². The van der Waals surface area contributed by atoms with Crippen molar-refractivity contribution in [1.82, 2.24) is 10.2 Å². The van der Waals surface area contributed by atoms with Gasteiger partial charge in [0.25, 0.3) is 21.9 Å². The second-order valence-corrected chi connectivity index (χ2v) is 12.1. The normalized spacial score (nSPS) is 18.7. The average molecular weight is 672 g/mol. The van der Waals surface area contributed by atoms with Crippen molar-refractivity contribution in [2.75, 3.05) is 39.3 Å². The Bertz CT molecular complexity index is 1470. The fraction of sp³-hybridized carbons (Fsp3) is 0.481. The Morgan fingerprint density at radius 3 is 2.42 bits per heavy atom. The second kappa shape index (κ2) is 15.8. The van der Waals surface area contributed by atoms with E-state index in [9.17, 15) is 32.4 Å². The van der Waals surface area contributed by atoms with Gasteiger partial charge in [0.15, 0.2) is 0 Å². The summed E-state index contributed by atoms with van der Waals surface area (Å²) >= 11 is 1.20. The molecule has 45 heavy (non-hydrogen) atoms. The summed E-state index contributed by atoms with van der Waals surface area (Å²) in [4.78, 5) is 69.7. The summed E-state index contributed by atoms with van der Waals surface area (Å²) in [6.45, 7) is 5.07. The molecular weight excluding hydrogens is 638 g/mol. The van der Waals surface area contributed by atoms with Gasteiger partial charge >= 0.3 is 12.1 Å². The lowest BCUT2D eigenvalue weighted by Crippen LogP contribution is -2.71. The SMILES string of the molecule is CCON=C(C(=O)COS(=O)(=O)c1ccc(C)cc1)C(=O)NC1C(=O)N2C(C(=O)OC(C)OC(=O)OCC)=C(COC)CS[C@@H]12. The lowest BCUT2D eigenvalue weighted by Gasteiger charge is -2.49. The van der Waals surface area contributed by atoms with Crippen molar-refractivity contribution in [1.29, 1.82) is 0 Å². The van der Waals surface area contributed by atoms with E-state index < -0.39 is 69.9 Å². The van der Waals surface area contributed by atoms with E-state index >= 15 is 0 Å². The number of Topliss-reactive ketones (excluding diaryl/α,β-unsaturated/α-hetero) is 1. The van der Waals surface area contributed by atoms with Crippen LogP contribution in [0.4, 0.5) is 4.79 Å². The highest BCUT2D eigenvalue weighted by molar-refractivity contribution is 8.00. The Morgan fingerprint density at radius 2 is 1.80 bits per heavy atom. The molecule has 1 fully saturated rings. The van der Waals surface area contributed by atoms with Gasteiger partial charge in [0.1, 0.15) is 30.3 Å². The molecule has 1 aromatic carbocycles. The maximum atomic E-state index is 13.2. The number of amides is 2. The lowest BCUT2D eigenvalue weighted by atomic mass is 10.0. The largest absolute Gasteiger partial charge is 0.511 e. The van der Waals surface area contributed by atoms with Crippen molar-refractivity contribution in [3.05, 3.63) is 41.1 Å².